The number of nitrogens with zero attached hydrogens (tertiary/aromatic N) is 2. The van der Waals surface area contributed by atoms with Gasteiger partial charge in [-0.15, -0.1) is 0 Å². The van der Waals surface area contributed by atoms with Crippen molar-refractivity contribution in [1.82, 2.24) is 9.88 Å². The van der Waals surface area contributed by atoms with E-state index < -0.39 is 0 Å². The standard InChI is InChI=1S/C23H28N2O3/c1-17-5-3-7-19(13-17)22(26)25-15-23(16-25)20(10-12-28-23)9-11-27-14-21-8-4-6-18(2)24-21/h3-8,13,20H,9-12,14-16H2,1-2H3/t20-/m0/s1. The molecule has 4 rings (SSSR count). The quantitative estimate of drug-likeness (QED) is 0.720. The zero-order valence-corrected chi connectivity index (χ0v) is 16.7. The Labute approximate surface area is 166 Å². The van der Waals surface area contributed by atoms with Crippen LogP contribution in [0.25, 0.3) is 0 Å². The van der Waals surface area contributed by atoms with Gasteiger partial charge >= 0.3 is 0 Å². The maximum absolute atomic E-state index is 12.7. The predicted molar refractivity (Wildman–Crippen MR) is 107 cm³/mol. The number of likely N-dealkylation sites (tertiary alicyclic amines) is 1. The van der Waals surface area contributed by atoms with E-state index in [0.29, 0.717) is 32.2 Å². The lowest BCUT2D eigenvalue weighted by Gasteiger charge is -2.50. The molecule has 1 spiro atoms. The van der Waals surface area contributed by atoms with Crippen LogP contribution >= 0.6 is 0 Å². The van der Waals surface area contributed by atoms with Crippen LogP contribution in [0.1, 0.15) is 40.2 Å². The molecule has 0 N–H and O–H groups in total. The number of amides is 1. The molecule has 1 atom stereocenters. The fourth-order valence-corrected chi connectivity index (χ4v) is 4.33. The molecule has 1 amide bonds. The summed E-state index contributed by atoms with van der Waals surface area (Å²) in [5.74, 6) is 0.546. The number of hydrogen-bond donors (Lipinski definition) is 0. The van der Waals surface area contributed by atoms with Gasteiger partial charge in [-0.05, 0) is 56.9 Å². The second-order valence-electron chi connectivity index (χ2n) is 8.04. The molecule has 0 unspecified atom stereocenters. The van der Waals surface area contributed by atoms with E-state index in [2.05, 4.69) is 4.98 Å². The van der Waals surface area contributed by atoms with Crippen LogP contribution in [0.4, 0.5) is 0 Å². The molecule has 2 saturated heterocycles. The van der Waals surface area contributed by atoms with E-state index in [4.69, 9.17) is 9.47 Å². The number of benzene rings is 1. The molecule has 2 aliphatic rings. The molecule has 0 saturated carbocycles. The second-order valence-corrected chi connectivity index (χ2v) is 8.04. The number of ether oxygens (including phenoxy) is 2. The van der Waals surface area contributed by atoms with Gasteiger partial charge in [-0.25, -0.2) is 0 Å². The van der Waals surface area contributed by atoms with Crippen LogP contribution in [0.5, 0.6) is 0 Å². The molecule has 3 heterocycles. The van der Waals surface area contributed by atoms with Gasteiger partial charge in [0.05, 0.1) is 25.4 Å². The smallest absolute Gasteiger partial charge is 0.254 e. The number of aryl methyl sites for hydroxylation is 2. The minimum absolute atomic E-state index is 0.102. The van der Waals surface area contributed by atoms with E-state index in [-0.39, 0.29) is 11.5 Å². The molecular weight excluding hydrogens is 352 g/mol. The highest BCUT2D eigenvalue weighted by atomic mass is 16.5. The van der Waals surface area contributed by atoms with Crippen molar-refractivity contribution < 1.29 is 14.3 Å². The highest BCUT2D eigenvalue weighted by Gasteiger charge is 2.54. The zero-order chi connectivity index (χ0) is 19.6. The van der Waals surface area contributed by atoms with Gasteiger partial charge in [0.1, 0.15) is 5.60 Å². The van der Waals surface area contributed by atoms with E-state index in [1.807, 2.05) is 61.2 Å². The molecule has 1 aromatic carbocycles. The SMILES string of the molecule is Cc1cccc(C(=O)N2CC3(C2)OCC[C@@H]3CCOCc2cccc(C)n2)c1. The van der Waals surface area contributed by atoms with Crippen LogP contribution < -0.4 is 0 Å². The number of carbonyl (C=O) groups excluding carboxylic acids is 1. The van der Waals surface area contributed by atoms with Gasteiger partial charge in [-0.2, -0.15) is 0 Å². The first kappa shape index (κ1) is 19.1. The van der Waals surface area contributed by atoms with Gasteiger partial charge in [0, 0.05) is 24.5 Å². The van der Waals surface area contributed by atoms with Crippen molar-refractivity contribution in [2.75, 3.05) is 26.3 Å². The minimum Gasteiger partial charge on any atom is -0.375 e. The van der Waals surface area contributed by atoms with Gasteiger partial charge in [0.15, 0.2) is 0 Å². The average Bonchev–Trinajstić information content (AvgIpc) is 3.07. The lowest BCUT2D eigenvalue weighted by atomic mass is 9.79. The Morgan fingerprint density at radius 1 is 1.25 bits per heavy atom. The molecule has 5 heteroatoms. The summed E-state index contributed by atoms with van der Waals surface area (Å²) in [6.45, 7) is 7.38. The lowest BCUT2D eigenvalue weighted by Crippen LogP contribution is -2.66. The Hall–Kier alpha value is -2.24. The van der Waals surface area contributed by atoms with Crippen molar-refractivity contribution in [3.8, 4) is 0 Å². The monoisotopic (exact) mass is 380 g/mol. The Kier molecular flexibility index (Phi) is 5.47. The number of rotatable bonds is 6. The molecule has 5 nitrogen and oxygen atoms in total. The molecule has 2 aromatic rings. The maximum atomic E-state index is 12.7. The summed E-state index contributed by atoms with van der Waals surface area (Å²) >= 11 is 0. The molecule has 148 valence electrons. The number of hydrogen-bond acceptors (Lipinski definition) is 4. The van der Waals surface area contributed by atoms with Crippen molar-refractivity contribution in [2.45, 2.75) is 38.9 Å². The van der Waals surface area contributed by atoms with E-state index in [1.54, 1.807) is 0 Å². The summed E-state index contributed by atoms with van der Waals surface area (Å²) < 4.78 is 12.0. The fourth-order valence-electron chi connectivity index (χ4n) is 4.33. The van der Waals surface area contributed by atoms with Gasteiger partial charge in [-0.3, -0.25) is 9.78 Å². The first-order chi connectivity index (χ1) is 13.6. The third-order valence-corrected chi connectivity index (χ3v) is 5.88. The summed E-state index contributed by atoms with van der Waals surface area (Å²) in [5, 5.41) is 0. The van der Waals surface area contributed by atoms with Crippen molar-refractivity contribution in [1.29, 1.82) is 0 Å². The molecule has 0 radical (unpaired) electrons. The predicted octanol–water partition coefficient (Wildman–Crippen LogP) is 3.54. The lowest BCUT2D eigenvalue weighted by molar-refractivity contribution is -0.120. The number of aromatic nitrogens is 1. The Bertz CT molecular complexity index is 845. The number of carbonyl (C=O) groups is 1. The van der Waals surface area contributed by atoms with Crippen molar-refractivity contribution in [2.24, 2.45) is 5.92 Å². The molecule has 2 fully saturated rings. The van der Waals surface area contributed by atoms with Crippen LogP contribution in [-0.4, -0.2) is 47.7 Å². The van der Waals surface area contributed by atoms with Gasteiger partial charge in [-0.1, -0.05) is 23.8 Å². The Morgan fingerprint density at radius 3 is 2.86 bits per heavy atom. The molecular formula is C23H28N2O3. The van der Waals surface area contributed by atoms with E-state index in [1.165, 1.54) is 0 Å². The molecule has 2 aliphatic heterocycles. The van der Waals surface area contributed by atoms with Crippen molar-refractivity contribution in [3.05, 3.63) is 65.0 Å². The Balaban J connectivity index is 1.27. The van der Waals surface area contributed by atoms with E-state index >= 15 is 0 Å². The summed E-state index contributed by atoms with van der Waals surface area (Å²) in [6.07, 6.45) is 2.00. The summed E-state index contributed by atoms with van der Waals surface area (Å²) in [6, 6.07) is 13.8. The average molecular weight is 380 g/mol. The van der Waals surface area contributed by atoms with Crippen LogP contribution in [0.15, 0.2) is 42.5 Å². The summed E-state index contributed by atoms with van der Waals surface area (Å²) in [5.41, 5.74) is 3.67. The van der Waals surface area contributed by atoms with E-state index in [9.17, 15) is 4.79 Å². The van der Waals surface area contributed by atoms with Crippen LogP contribution in [0.2, 0.25) is 0 Å². The third-order valence-electron chi connectivity index (χ3n) is 5.88. The molecule has 0 aliphatic carbocycles. The highest BCUT2D eigenvalue weighted by Crippen LogP contribution is 2.42. The second kappa shape index (κ2) is 8.02. The van der Waals surface area contributed by atoms with Crippen LogP contribution in [0.3, 0.4) is 0 Å². The topological polar surface area (TPSA) is 51.7 Å². The molecule has 28 heavy (non-hydrogen) atoms. The largest absolute Gasteiger partial charge is 0.375 e. The minimum atomic E-state index is -0.176. The van der Waals surface area contributed by atoms with Crippen molar-refractivity contribution in [3.63, 3.8) is 0 Å². The van der Waals surface area contributed by atoms with E-state index in [0.717, 1.165) is 42.0 Å². The zero-order valence-electron chi connectivity index (χ0n) is 16.7. The highest BCUT2D eigenvalue weighted by molar-refractivity contribution is 5.95. The Morgan fingerprint density at radius 2 is 2.07 bits per heavy atom. The van der Waals surface area contributed by atoms with Gasteiger partial charge in [0.25, 0.3) is 5.91 Å². The normalized spacial score (nSPS) is 20.4. The first-order valence-electron chi connectivity index (χ1n) is 10.1. The van der Waals surface area contributed by atoms with Crippen molar-refractivity contribution >= 4 is 5.91 Å². The van der Waals surface area contributed by atoms with Crippen LogP contribution in [-0.2, 0) is 16.1 Å². The number of pyridine rings is 1. The molecule has 0 bridgehead atoms. The summed E-state index contributed by atoms with van der Waals surface area (Å²) in [4.78, 5) is 19.1. The van der Waals surface area contributed by atoms with Crippen LogP contribution in [0, 0.1) is 19.8 Å². The molecule has 1 aromatic heterocycles. The fraction of sp³-hybridized carbons (Fsp3) is 0.478. The maximum Gasteiger partial charge on any atom is 0.254 e. The first-order valence-corrected chi connectivity index (χ1v) is 10.1. The van der Waals surface area contributed by atoms with Gasteiger partial charge < -0.3 is 14.4 Å². The summed E-state index contributed by atoms with van der Waals surface area (Å²) in [7, 11) is 0. The van der Waals surface area contributed by atoms with Gasteiger partial charge in [0.2, 0.25) is 0 Å². The third kappa shape index (κ3) is 3.96.